The Morgan fingerprint density at radius 3 is 2.47 bits per heavy atom. The molecule has 1 nitrogen and oxygen atoms in total. The molecule has 1 heteroatoms. The summed E-state index contributed by atoms with van der Waals surface area (Å²) in [5.74, 6) is 0. The smallest absolute Gasteiger partial charge is 0.0991 e. The van der Waals surface area contributed by atoms with Gasteiger partial charge in [-0.15, -0.1) is 0 Å². The number of hydrogen-bond acceptors (Lipinski definition) is 1. The third kappa shape index (κ3) is 1.64. The molecule has 1 aliphatic rings. The molecule has 0 atom stereocenters. The van der Waals surface area contributed by atoms with Crippen LogP contribution in [0.5, 0.6) is 0 Å². The summed E-state index contributed by atoms with van der Waals surface area (Å²) in [7, 11) is 0. The van der Waals surface area contributed by atoms with Gasteiger partial charge in [-0.05, 0) is 40.8 Å². The minimum absolute atomic E-state index is 0.709. The van der Waals surface area contributed by atoms with Crippen LogP contribution in [-0.4, -0.2) is 0 Å². The van der Waals surface area contributed by atoms with E-state index in [-0.39, 0.29) is 0 Å². The summed E-state index contributed by atoms with van der Waals surface area (Å²) >= 11 is 0. The van der Waals surface area contributed by atoms with Crippen LogP contribution in [0.25, 0.3) is 5.57 Å². The lowest BCUT2D eigenvalue weighted by atomic mass is 9.98. The van der Waals surface area contributed by atoms with Crippen LogP contribution >= 0.6 is 0 Å². The Morgan fingerprint density at radius 1 is 0.941 bits per heavy atom. The summed E-state index contributed by atoms with van der Waals surface area (Å²) in [4.78, 5) is 0. The van der Waals surface area contributed by atoms with Crippen LogP contribution in [-0.2, 0) is 6.42 Å². The van der Waals surface area contributed by atoms with Gasteiger partial charge in [-0.2, -0.15) is 5.26 Å². The molecule has 0 unspecified atom stereocenters. The lowest BCUT2D eigenvalue weighted by Crippen LogP contribution is -1.86. The second-order valence-electron chi connectivity index (χ2n) is 4.17. The van der Waals surface area contributed by atoms with E-state index in [4.69, 9.17) is 5.26 Å². The van der Waals surface area contributed by atoms with Crippen LogP contribution in [0.4, 0.5) is 0 Å². The van der Waals surface area contributed by atoms with Gasteiger partial charge in [0, 0.05) is 0 Å². The molecule has 0 fully saturated rings. The van der Waals surface area contributed by atoms with Gasteiger partial charge < -0.3 is 0 Å². The van der Waals surface area contributed by atoms with E-state index < -0.39 is 0 Å². The van der Waals surface area contributed by atoms with E-state index in [1.54, 1.807) is 0 Å². The summed E-state index contributed by atoms with van der Waals surface area (Å²) in [5, 5.41) is 8.79. The van der Waals surface area contributed by atoms with Crippen molar-refractivity contribution in [2.75, 3.05) is 0 Å². The number of benzene rings is 2. The van der Waals surface area contributed by atoms with E-state index in [0.29, 0.717) is 5.56 Å². The zero-order valence-corrected chi connectivity index (χ0v) is 9.35. The first-order valence-corrected chi connectivity index (χ1v) is 5.67. The normalized spacial score (nSPS) is 12.8. The highest BCUT2D eigenvalue weighted by Gasteiger charge is 2.14. The number of allylic oxidation sites excluding steroid dienone is 1. The number of nitriles is 1. The van der Waals surface area contributed by atoms with E-state index in [9.17, 15) is 0 Å². The number of fused-ring (bicyclic) bond motifs is 1. The zero-order valence-electron chi connectivity index (χ0n) is 9.35. The van der Waals surface area contributed by atoms with Gasteiger partial charge in [0.05, 0.1) is 11.6 Å². The van der Waals surface area contributed by atoms with Crippen molar-refractivity contribution < 1.29 is 0 Å². The van der Waals surface area contributed by atoms with Gasteiger partial charge in [0.25, 0.3) is 0 Å². The van der Waals surface area contributed by atoms with E-state index in [1.807, 2.05) is 24.3 Å². The zero-order chi connectivity index (χ0) is 11.7. The summed E-state index contributed by atoms with van der Waals surface area (Å²) in [6.07, 6.45) is 3.26. The number of rotatable bonds is 1. The molecule has 17 heavy (non-hydrogen) atoms. The van der Waals surface area contributed by atoms with Crippen LogP contribution in [0.15, 0.2) is 54.6 Å². The first-order chi connectivity index (χ1) is 8.38. The maximum absolute atomic E-state index is 8.79. The quantitative estimate of drug-likeness (QED) is 0.716. The van der Waals surface area contributed by atoms with Gasteiger partial charge in [0.15, 0.2) is 0 Å². The van der Waals surface area contributed by atoms with Crippen molar-refractivity contribution in [2.45, 2.75) is 6.42 Å². The van der Waals surface area contributed by atoms with Crippen LogP contribution in [0.1, 0.15) is 22.3 Å². The Hall–Kier alpha value is -2.33. The standard InChI is InChI=1S/C16H11N/c17-11-12-5-7-14(8-6-12)16-10-9-13-3-1-2-4-15(13)16/h1-8,10H,9H2. The Labute approximate surface area is 101 Å². The van der Waals surface area contributed by atoms with Gasteiger partial charge >= 0.3 is 0 Å². The van der Waals surface area contributed by atoms with Crippen molar-refractivity contribution in [3.63, 3.8) is 0 Å². The van der Waals surface area contributed by atoms with E-state index >= 15 is 0 Å². The molecule has 0 N–H and O–H groups in total. The summed E-state index contributed by atoms with van der Waals surface area (Å²) in [5.41, 5.74) is 5.88. The van der Waals surface area contributed by atoms with E-state index in [2.05, 4.69) is 36.4 Å². The molecule has 0 radical (unpaired) electrons. The minimum Gasteiger partial charge on any atom is -0.192 e. The Kier molecular flexibility index (Phi) is 2.27. The van der Waals surface area contributed by atoms with Crippen molar-refractivity contribution in [1.29, 1.82) is 5.26 Å². The average molecular weight is 217 g/mol. The fraction of sp³-hybridized carbons (Fsp3) is 0.0625. The van der Waals surface area contributed by atoms with Gasteiger partial charge in [-0.3, -0.25) is 0 Å². The van der Waals surface area contributed by atoms with Gasteiger partial charge in [0.2, 0.25) is 0 Å². The molecule has 1 aliphatic carbocycles. The highest BCUT2D eigenvalue weighted by Crippen LogP contribution is 2.32. The van der Waals surface area contributed by atoms with E-state index in [1.165, 1.54) is 22.3 Å². The van der Waals surface area contributed by atoms with Crippen molar-refractivity contribution in [2.24, 2.45) is 0 Å². The molecule has 0 heterocycles. The fourth-order valence-corrected chi connectivity index (χ4v) is 2.28. The molecule has 0 spiro atoms. The van der Waals surface area contributed by atoms with Gasteiger partial charge in [-0.1, -0.05) is 42.5 Å². The SMILES string of the molecule is N#Cc1ccc(C2=CCc3ccccc32)cc1. The van der Waals surface area contributed by atoms with Crippen molar-refractivity contribution >= 4 is 5.57 Å². The monoisotopic (exact) mass is 217 g/mol. The first-order valence-electron chi connectivity index (χ1n) is 5.67. The number of nitrogens with zero attached hydrogens (tertiary/aromatic N) is 1. The van der Waals surface area contributed by atoms with Crippen LogP contribution in [0.2, 0.25) is 0 Å². The lowest BCUT2D eigenvalue weighted by molar-refractivity contribution is 1.31. The predicted molar refractivity (Wildman–Crippen MR) is 68.4 cm³/mol. The van der Waals surface area contributed by atoms with Crippen LogP contribution < -0.4 is 0 Å². The first kappa shape index (κ1) is 9.86. The largest absolute Gasteiger partial charge is 0.192 e. The Morgan fingerprint density at radius 2 is 1.71 bits per heavy atom. The molecule has 2 aromatic carbocycles. The molecule has 0 aromatic heterocycles. The highest BCUT2D eigenvalue weighted by atomic mass is 14.2. The Balaban J connectivity index is 2.04. The fourth-order valence-electron chi connectivity index (χ4n) is 2.28. The third-order valence-electron chi connectivity index (χ3n) is 3.16. The molecule has 2 aromatic rings. The lowest BCUT2D eigenvalue weighted by Gasteiger charge is -2.05. The van der Waals surface area contributed by atoms with Crippen LogP contribution in [0.3, 0.4) is 0 Å². The molecule has 0 aliphatic heterocycles. The molecule has 0 saturated heterocycles. The average Bonchev–Trinajstić information content (AvgIpc) is 2.83. The molecule has 0 bridgehead atoms. The molecule has 80 valence electrons. The highest BCUT2D eigenvalue weighted by molar-refractivity contribution is 5.84. The summed E-state index contributed by atoms with van der Waals surface area (Å²) in [6, 6.07) is 18.4. The predicted octanol–water partition coefficient (Wildman–Crippen LogP) is 3.55. The summed E-state index contributed by atoms with van der Waals surface area (Å²) < 4.78 is 0. The van der Waals surface area contributed by atoms with Gasteiger partial charge in [-0.25, -0.2) is 0 Å². The Bertz CT molecular complexity index is 627. The maximum Gasteiger partial charge on any atom is 0.0991 e. The molecule has 3 rings (SSSR count). The second kappa shape index (κ2) is 3.92. The molecule has 0 amide bonds. The summed E-state index contributed by atoms with van der Waals surface area (Å²) in [6.45, 7) is 0. The second-order valence-corrected chi connectivity index (χ2v) is 4.17. The third-order valence-corrected chi connectivity index (χ3v) is 3.16. The topological polar surface area (TPSA) is 23.8 Å². The molecule has 0 saturated carbocycles. The maximum atomic E-state index is 8.79. The van der Waals surface area contributed by atoms with Crippen LogP contribution in [0, 0.1) is 11.3 Å². The van der Waals surface area contributed by atoms with Crippen molar-refractivity contribution in [3.05, 3.63) is 76.9 Å². The number of hydrogen-bond donors (Lipinski definition) is 0. The molecular weight excluding hydrogens is 206 g/mol. The molecular formula is C16H11N. The van der Waals surface area contributed by atoms with Gasteiger partial charge in [0.1, 0.15) is 0 Å². The van der Waals surface area contributed by atoms with Crippen molar-refractivity contribution in [3.8, 4) is 6.07 Å². The van der Waals surface area contributed by atoms with E-state index in [0.717, 1.165) is 6.42 Å². The minimum atomic E-state index is 0.709. The van der Waals surface area contributed by atoms with Crippen molar-refractivity contribution in [1.82, 2.24) is 0 Å².